The standard InChI is InChI=1S/C14H24N4O2/c1-10(2)12(9-13(19)20)18-14(15-16-17-18)11-7-5-3-4-6-8-11/h10-12H,3-9H2,1-2H3,(H,19,20). The molecule has 112 valence electrons. The zero-order valence-corrected chi connectivity index (χ0v) is 12.3. The van der Waals surface area contributed by atoms with Crippen molar-refractivity contribution in [1.29, 1.82) is 0 Å². The molecule has 1 fully saturated rings. The first-order valence-corrected chi connectivity index (χ1v) is 7.59. The topological polar surface area (TPSA) is 80.9 Å². The molecule has 1 saturated carbocycles. The fourth-order valence-corrected chi connectivity index (χ4v) is 3.03. The van der Waals surface area contributed by atoms with E-state index in [-0.39, 0.29) is 18.4 Å². The van der Waals surface area contributed by atoms with Gasteiger partial charge in [-0.05, 0) is 29.2 Å². The summed E-state index contributed by atoms with van der Waals surface area (Å²) < 4.78 is 1.77. The number of rotatable bonds is 5. The predicted molar refractivity (Wildman–Crippen MR) is 74.4 cm³/mol. The van der Waals surface area contributed by atoms with Gasteiger partial charge >= 0.3 is 5.97 Å². The molecule has 0 amide bonds. The number of carbonyl (C=O) groups is 1. The van der Waals surface area contributed by atoms with Crippen molar-refractivity contribution in [2.45, 2.75) is 70.8 Å². The third kappa shape index (κ3) is 3.55. The van der Waals surface area contributed by atoms with Gasteiger partial charge in [0.15, 0.2) is 5.82 Å². The van der Waals surface area contributed by atoms with Gasteiger partial charge < -0.3 is 5.11 Å². The summed E-state index contributed by atoms with van der Waals surface area (Å²) in [4.78, 5) is 11.1. The van der Waals surface area contributed by atoms with Crippen LogP contribution in [0, 0.1) is 5.92 Å². The summed E-state index contributed by atoms with van der Waals surface area (Å²) in [5.74, 6) is 0.652. The Hall–Kier alpha value is -1.46. The van der Waals surface area contributed by atoms with Crippen LogP contribution in [-0.4, -0.2) is 31.3 Å². The van der Waals surface area contributed by atoms with E-state index in [0.717, 1.165) is 18.7 Å². The van der Waals surface area contributed by atoms with Gasteiger partial charge in [-0.3, -0.25) is 4.79 Å². The Balaban J connectivity index is 2.22. The second-order valence-corrected chi connectivity index (χ2v) is 6.08. The summed E-state index contributed by atoms with van der Waals surface area (Å²) in [6.07, 6.45) is 7.27. The Morgan fingerprint density at radius 2 is 1.95 bits per heavy atom. The third-order valence-electron chi connectivity index (χ3n) is 4.21. The van der Waals surface area contributed by atoms with Crippen LogP contribution < -0.4 is 0 Å². The molecule has 2 rings (SSSR count). The van der Waals surface area contributed by atoms with E-state index in [9.17, 15) is 4.79 Å². The summed E-state index contributed by atoms with van der Waals surface area (Å²) in [5.41, 5.74) is 0. The van der Waals surface area contributed by atoms with Crippen LogP contribution in [0.4, 0.5) is 0 Å². The average molecular weight is 280 g/mol. The quantitative estimate of drug-likeness (QED) is 0.839. The van der Waals surface area contributed by atoms with Gasteiger partial charge in [0, 0.05) is 5.92 Å². The molecule has 1 heterocycles. The molecule has 20 heavy (non-hydrogen) atoms. The van der Waals surface area contributed by atoms with Gasteiger partial charge in [-0.1, -0.05) is 39.5 Å². The van der Waals surface area contributed by atoms with Crippen LogP contribution >= 0.6 is 0 Å². The van der Waals surface area contributed by atoms with E-state index in [4.69, 9.17) is 5.11 Å². The van der Waals surface area contributed by atoms with E-state index in [1.165, 1.54) is 25.7 Å². The Labute approximate surface area is 119 Å². The molecule has 1 aliphatic carbocycles. The molecular weight excluding hydrogens is 256 g/mol. The maximum absolute atomic E-state index is 11.1. The lowest BCUT2D eigenvalue weighted by Gasteiger charge is -2.22. The largest absolute Gasteiger partial charge is 0.481 e. The minimum Gasteiger partial charge on any atom is -0.481 e. The lowest BCUT2D eigenvalue weighted by atomic mass is 9.97. The Morgan fingerprint density at radius 1 is 1.30 bits per heavy atom. The van der Waals surface area contributed by atoms with E-state index < -0.39 is 5.97 Å². The van der Waals surface area contributed by atoms with Crippen molar-refractivity contribution >= 4 is 5.97 Å². The number of aliphatic carboxylic acids is 1. The predicted octanol–water partition coefficient (Wildman–Crippen LogP) is 2.78. The van der Waals surface area contributed by atoms with Crippen LogP contribution in [-0.2, 0) is 4.79 Å². The van der Waals surface area contributed by atoms with Crippen molar-refractivity contribution in [2.75, 3.05) is 0 Å². The molecule has 1 aromatic rings. The number of tetrazole rings is 1. The SMILES string of the molecule is CC(C)C(CC(=O)O)n1nnnc1C1CCCCCC1. The highest BCUT2D eigenvalue weighted by Gasteiger charge is 2.27. The molecular formula is C14H24N4O2. The van der Waals surface area contributed by atoms with Gasteiger partial charge in [0.05, 0.1) is 12.5 Å². The van der Waals surface area contributed by atoms with Crippen LogP contribution in [0.1, 0.15) is 76.6 Å². The molecule has 0 aliphatic heterocycles. The smallest absolute Gasteiger partial charge is 0.305 e. The molecule has 1 atom stereocenters. The molecule has 0 radical (unpaired) electrons. The summed E-state index contributed by atoms with van der Waals surface area (Å²) >= 11 is 0. The van der Waals surface area contributed by atoms with Crippen molar-refractivity contribution in [1.82, 2.24) is 20.2 Å². The van der Waals surface area contributed by atoms with Gasteiger partial charge in [-0.15, -0.1) is 5.10 Å². The molecule has 0 spiro atoms. The summed E-state index contributed by atoms with van der Waals surface area (Å²) in [7, 11) is 0. The van der Waals surface area contributed by atoms with E-state index in [1.807, 2.05) is 13.8 Å². The van der Waals surface area contributed by atoms with Crippen LogP contribution in [0.25, 0.3) is 0 Å². The second-order valence-electron chi connectivity index (χ2n) is 6.08. The molecule has 0 bridgehead atoms. The summed E-state index contributed by atoms with van der Waals surface area (Å²) in [6.45, 7) is 4.04. The fourth-order valence-electron chi connectivity index (χ4n) is 3.03. The van der Waals surface area contributed by atoms with Crippen LogP contribution in [0.3, 0.4) is 0 Å². The number of carboxylic acid groups (broad SMARTS) is 1. The summed E-state index contributed by atoms with van der Waals surface area (Å²) in [5, 5.41) is 21.2. The maximum Gasteiger partial charge on any atom is 0.305 e. The molecule has 0 aromatic carbocycles. The normalized spacial score (nSPS) is 18.9. The highest BCUT2D eigenvalue weighted by Crippen LogP contribution is 2.32. The number of aromatic nitrogens is 4. The molecule has 6 nitrogen and oxygen atoms in total. The highest BCUT2D eigenvalue weighted by molar-refractivity contribution is 5.67. The van der Waals surface area contributed by atoms with Gasteiger partial charge in [-0.2, -0.15) is 0 Å². The number of hydrogen-bond donors (Lipinski definition) is 1. The van der Waals surface area contributed by atoms with E-state index >= 15 is 0 Å². The van der Waals surface area contributed by atoms with E-state index in [2.05, 4.69) is 15.5 Å². The van der Waals surface area contributed by atoms with Crippen molar-refractivity contribution in [3.63, 3.8) is 0 Å². The average Bonchev–Trinajstić information content (AvgIpc) is 2.70. The molecule has 1 aliphatic rings. The van der Waals surface area contributed by atoms with Crippen molar-refractivity contribution in [3.05, 3.63) is 5.82 Å². The maximum atomic E-state index is 11.1. The Morgan fingerprint density at radius 3 is 2.50 bits per heavy atom. The second kappa shape index (κ2) is 6.81. The molecule has 6 heteroatoms. The zero-order chi connectivity index (χ0) is 14.5. The monoisotopic (exact) mass is 280 g/mol. The minimum absolute atomic E-state index is 0.0719. The Bertz CT molecular complexity index is 436. The molecule has 0 saturated heterocycles. The number of hydrogen-bond acceptors (Lipinski definition) is 4. The van der Waals surface area contributed by atoms with Gasteiger partial charge in [-0.25, -0.2) is 4.68 Å². The van der Waals surface area contributed by atoms with Crippen LogP contribution in [0.5, 0.6) is 0 Å². The lowest BCUT2D eigenvalue weighted by Crippen LogP contribution is -2.23. The number of carboxylic acids is 1. The van der Waals surface area contributed by atoms with Crippen molar-refractivity contribution in [2.24, 2.45) is 5.92 Å². The van der Waals surface area contributed by atoms with E-state index in [0.29, 0.717) is 5.92 Å². The van der Waals surface area contributed by atoms with Crippen LogP contribution in [0.15, 0.2) is 0 Å². The molecule has 1 unspecified atom stereocenters. The summed E-state index contributed by atoms with van der Waals surface area (Å²) in [6, 6.07) is -0.166. The first kappa shape index (κ1) is 14.9. The highest BCUT2D eigenvalue weighted by atomic mass is 16.4. The zero-order valence-electron chi connectivity index (χ0n) is 12.3. The van der Waals surface area contributed by atoms with Crippen LogP contribution in [0.2, 0.25) is 0 Å². The van der Waals surface area contributed by atoms with Crippen molar-refractivity contribution < 1.29 is 9.90 Å². The fraction of sp³-hybridized carbons (Fsp3) is 0.857. The lowest BCUT2D eigenvalue weighted by molar-refractivity contribution is -0.138. The van der Waals surface area contributed by atoms with E-state index in [1.54, 1.807) is 4.68 Å². The first-order valence-electron chi connectivity index (χ1n) is 7.59. The first-order chi connectivity index (χ1) is 9.59. The van der Waals surface area contributed by atoms with Crippen molar-refractivity contribution in [3.8, 4) is 0 Å². The number of nitrogens with zero attached hydrogens (tertiary/aromatic N) is 4. The minimum atomic E-state index is -0.800. The van der Waals surface area contributed by atoms with Gasteiger partial charge in [0.25, 0.3) is 0 Å². The molecule has 1 N–H and O–H groups in total. The van der Waals surface area contributed by atoms with Gasteiger partial charge in [0.2, 0.25) is 0 Å². The molecule has 1 aromatic heterocycles. The Kier molecular flexibility index (Phi) is 5.09. The van der Waals surface area contributed by atoms with Gasteiger partial charge in [0.1, 0.15) is 0 Å². The third-order valence-corrected chi connectivity index (χ3v) is 4.21.